The van der Waals surface area contributed by atoms with Gasteiger partial charge in [-0.2, -0.15) is 4.31 Å². The SMILES string of the molecule is CC(C)(C)C(=O)N1CCN(C(=O)C2CCCCN2S(=O)(=O)c2ccccc2)CC1. The summed E-state index contributed by atoms with van der Waals surface area (Å²) >= 11 is 0. The van der Waals surface area contributed by atoms with Crippen molar-refractivity contribution in [2.45, 2.75) is 51.0 Å². The molecule has 8 heteroatoms. The Labute approximate surface area is 173 Å². The second kappa shape index (κ2) is 8.44. The molecule has 7 nitrogen and oxygen atoms in total. The summed E-state index contributed by atoms with van der Waals surface area (Å²) in [4.78, 5) is 29.4. The van der Waals surface area contributed by atoms with Gasteiger partial charge in [0.05, 0.1) is 4.90 Å². The number of benzene rings is 1. The number of carbonyl (C=O) groups excluding carboxylic acids is 2. The van der Waals surface area contributed by atoms with Crippen molar-refractivity contribution in [2.75, 3.05) is 32.7 Å². The number of hydrogen-bond donors (Lipinski definition) is 0. The summed E-state index contributed by atoms with van der Waals surface area (Å²) < 4.78 is 27.7. The van der Waals surface area contributed by atoms with Crippen LogP contribution in [0.3, 0.4) is 0 Å². The van der Waals surface area contributed by atoms with Crippen LogP contribution in [0.15, 0.2) is 35.2 Å². The monoisotopic (exact) mass is 421 g/mol. The zero-order valence-corrected chi connectivity index (χ0v) is 18.3. The number of hydrogen-bond acceptors (Lipinski definition) is 4. The minimum atomic E-state index is -3.72. The predicted molar refractivity (Wildman–Crippen MR) is 111 cm³/mol. The highest BCUT2D eigenvalue weighted by molar-refractivity contribution is 7.89. The van der Waals surface area contributed by atoms with Gasteiger partial charge in [0.2, 0.25) is 21.8 Å². The third-order valence-corrected chi connectivity index (χ3v) is 7.53. The smallest absolute Gasteiger partial charge is 0.243 e. The summed E-state index contributed by atoms with van der Waals surface area (Å²) in [6.07, 6.45) is 2.12. The van der Waals surface area contributed by atoms with E-state index in [0.717, 1.165) is 12.8 Å². The first-order valence-corrected chi connectivity index (χ1v) is 11.7. The van der Waals surface area contributed by atoms with Crippen LogP contribution in [0, 0.1) is 5.41 Å². The van der Waals surface area contributed by atoms with Crippen molar-refractivity contribution < 1.29 is 18.0 Å². The molecule has 0 bridgehead atoms. The standard InChI is InChI=1S/C21H31N3O4S/c1-21(2,3)20(26)23-15-13-22(14-16-23)19(25)18-11-7-8-12-24(18)29(27,28)17-9-5-4-6-10-17/h4-6,9-10,18H,7-8,11-16H2,1-3H3. The van der Waals surface area contributed by atoms with Crippen molar-refractivity contribution in [1.82, 2.24) is 14.1 Å². The van der Waals surface area contributed by atoms with E-state index >= 15 is 0 Å². The van der Waals surface area contributed by atoms with Crippen molar-refractivity contribution in [1.29, 1.82) is 0 Å². The Morgan fingerprint density at radius 3 is 2.07 bits per heavy atom. The third-order valence-electron chi connectivity index (χ3n) is 5.61. The summed E-state index contributed by atoms with van der Waals surface area (Å²) in [6, 6.07) is 7.64. The number of carbonyl (C=O) groups is 2. The van der Waals surface area contributed by atoms with Gasteiger partial charge in [-0.05, 0) is 25.0 Å². The molecule has 0 aliphatic carbocycles. The molecule has 0 N–H and O–H groups in total. The summed E-state index contributed by atoms with van der Waals surface area (Å²) in [6.45, 7) is 7.88. The highest BCUT2D eigenvalue weighted by atomic mass is 32.2. The number of sulfonamides is 1. The molecule has 2 aliphatic heterocycles. The molecule has 1 aromatic rings. The summed E-state index contributed by atoms with van der Waals surface area (Å²) in [5, 5.41) is 0. The Bertz CT molecular complexity index is 840. The Kier molecular flexibility index (Phi) is 6.33. The number of piperazine rings is 1. The quantitative estimate of drug-likeness (QED) is 0.747. The predicted octanol–water partition coefficient (Wildman–Crippen LogP) is 1.95. The maximum Gasteiger partial charge on any atom is 0.243 e. The Hall–Kier alpha value is -1.93. The molecule has 0 aromatic heterocycles. The zero-order chi connectivity index (χ0) is 21.2. The van der Waals surface area contributed by atoms with Crippen LogP contribution in [0.4, 0.5) is 0 Å². The highest BCUT2D eigenvalue weighted by Gasteiger charge is 2.40. The number of nitrogens with zero attached hydrogens (tertiary/aromatic N) is 3. The molecule has 0 radical (unpaired) electrons. The molecule has 0 spiro atoms. The van der Waals surface area contributed by atoms with Gasteiger partial charge in [-0.25, -0.2) is 8.42 Å². The molecule has 2 aliphatic rings. The van der Waals surface area contributed by atoms with Gasteiger partial charge >= 0.3 is 0 Å². The molecule has 160 valence electrons. The fourth-order valence-electron chi connectivity index (χ4n) is 3.98. The van der Waals surface area contributed by atoms with Gasteiger partial charge in [0.25, 0.3) is 0 Å². The van der Waals surface area contributed by atoms with E-state index in [1.54, 1.807) is 40.1 Å². The third kappa shape index (κ3) is 4.64. The van der Waals surface area contributed by atoms with E-state index in [4.69, 9.17) is 0 Å². The van der Waals surface area contributed by atoms with Crippen LogP contribution in [0.25, 0.3) is 0 Å². The largest absolute Gasteiger partial charge is 0.339 e. The molecule has 1 aromatic carbocycles. The van der Waals surface area contributed by atoms with Crippen LogP contribution in [-0.4, -0.2) is 73.1 Å². The van der Waals surface area contributed by atoms with E-state index in [1.165, 1.54) is 4.31 Å². The minimum Gasteiger partial charge on any atom is -0.339 e. The van der Waals surface area contributed by atoms with E-state index in [-0.39, 0.29) is 16.7 Å². The van der Waals surface area contributed by atoms with Crippen molar-refractivity contribution >= 4 is 21.8 Å². The number of piperidine rings is 1. The first-order valence-electron chi connectivity index (χ1n) is 10.3. The van der Waals surface area contributed by atoms with Gasteiger partial charge < -0.3 is 9.80 Å². The van der Waals surface area contributed by atoms with Gasteiger partial charge in [-0.15, -0.1) is 0 Å². The molecular formula is C21H31N3O4S. The summed E-state index contributed by atoms with van der Waals surface area (Å²) in [7, 11) is -3.72. The lowest BCUT2D eigenvalue weighted by molar-refractivity contribution is -0.146. The van der Waals surface area contributed by atoms with Crippen molar-refractivity contribution in [3.8, 4) is 0 Å². The van der Waals surface area contributed by atoms with E-state index in [2.05, 4.69) is 0 Å². The molecule has 2 saturated heterocycles. The van der Waals surface area contributed by atoms with Crippen LogP contribution in [-0.2, 0) is 19.6 Å². The van der Waals surface area contributed by atoms with Crippen LogP contribution in [0.5, 0.6) is 0 Å². The molecular weight excluding hydrogens is 390 g/mol. The van der Waals surface area contributed by atoms with Crippen LogP contribution in [0.1, 0.15) is 40.0 Å². The lowest BCUT2D eigenvalue weighted by Crippen LogP contribution is -2.58. The average Bonchev–Trinajstić information content (AvgIpc) is 2.73. The summed E-state index contributed by atoms with van der Waals surface area (Å²) in [5.41, 5.74) is -0.448. The van der Waals surface area contributed by atoms with Gasteiger partial charge in [-0.3, -0.25) is 9.59 Å². The van der Waals surface area contributed by atoms with Crippen molar-refractivity contribution in [3.05, 3.63) is 30.3 Å². The fourth-order valence-corrected chi connectivity index (χ4v) is 5.65. The highest BCUT2D eigenvalue weighted by Crippen LogP contribution is 2.27. The molecule has 2 amide bonds. The van der Waals surface area contributed by atoms with E-state index < -0.39 is 21.5 Å². The lowest BCUT2D eigenvalue weighted by Gasteiger charge is -2.41. The van der Waals surface area contributed by atoms with Crippen molar-refractivity contribution in [2.24, 2.45) is 5.41 Å². The van der Waals surface area contributed by atoms with E-state index in [9.17, 15) is 18.0 Å². The Balaban J connectivity index is 1.72. The van der Waals surface area contributed by atoms with Crippen molar-refractivity contribution in [3.63, 3.8) is 0 Å². The second-order valence-electron chi connectivity index (χ2n) is 8.81. The molecule has 1 atom stereocenters. The summed E-state index contributed by atoms with van der Waals surface area (Å²) in [5.74, 6) is -0.0670. The van der Waals surface area contributed by atoms with E-state index in [0.29, 0.717) is 39.1 Å². The molecule has 1 unspecified atom stereocenters. The Morgan fingerprint density at radius 1 is 0.897 bits per heavy atom. The van der Waals surface area contributed by atoms with Gasteiger partial charge in [-0.1, -0.05) is 45.4 Å². The molecule has 2 heterocycles. The number of rotatable bonds is 3. The molecule has 2 fully saturated rings. The van der Waals surface area contributed by atoms with Crippen LogP contribution >= 0.6 is 0 Å². The minimum absolute atomic E-state index is 0.0792. The average molecular weight is 422 g/mol. The number of amides is 2. The van der Waals surface area contributed by atoms with Gasteiger partial charge in [0, 0.05) is 38.1 Å². The topological polar surface area (TPSA) is 78.0 Å². The first-order chi connectivity index (χ1) is 13.6. The normalized spacial score (nSPS) is 21.8. The fraction of sp³-hybridized carbons (Fsp3) is 0.619. The lowest BCUT2D eigenvalue weighted by atomic mass is 9.94. The molecule has 0 saturated carbocycles. The van der Waals surface area contributed by atoms with Crippen LogP contribution in [0.2, 0.25) is 0 Å². The molecule has 29 heavy (non-hydrogen) atoms. The zero-order valence-electron chi connectivity index (χ0n) is 17.5. The first kappa shape index (κ1) is 21.8. The van der Waals surface area contributed by atoms with Gasteiger partial charge in [0.1, 0.15) is 6.04 Å². The van der Waals surface area contributed by atoms with Crippen LogP contribution < -0.4 is 0 Å². The maximum absolute atomic E-state index is 13.2. The second-order valence-corrected chi connectivity index (χ2v) is 10.7. The Morgan fingerprint density at radius 2 is 1.48 bits per heavy atom. The van der Waals surface area contributed by atoms with E-state index in [1.807, 2.05) is 20.8 Å². The maximum atomic E-state index is 13.2. The van der Waals surface area contributed by atoms with Gasteiger partial charge in [0.15, 0.2) is 0 Å². The molecule has 3 rings (SSSR count).